The summed E-state index contributed by atoms with van der Waals surface area (Å²) >= 11 is 11.7. The Labute approximate surface area is 111 Å². The maximum Gasteiger partial charge on any atom is 0.241 e. The van der Waals surface area contributed by atoms with Gasteiger partial charge in [0.25, 0.3) is 0 Å². The lowest BCUT2D eigenvalue weighted by molar-refractivity contribution is -0.118. The minimum Gasteiger partial charge on any atom is -0.325 e. The van der Waals surface area contributed by atoms with E-state index in [-0.39, 0.29) is 11.8 Å². The molecule has 1 aromatic carbocycles. The van der Waals surface area contributed by atoms with E-state index in [0.29, 0.717) is 15.7 Å². The van der Waals surface area contributed by atoms with Gasteiger partial charge in [-0.25, -0.2) is 0 Å². The number of hydrogen-bond acceptors (Lipinski definition) is 2. The molecule has 1 rings (SSSR count). The molecule has 0 aromatic heterocycles. The maximum atomic E-state index is 11.8. The van der Waals surface area contributed by atoms with Crippen LogP contribution in [0.25, 0.3) is 0 Å². The Balaban J connectivity index is 2.74. The van der Waals surface area contributed by atoms with Crippen LogP contribution in [0.1, 0.15) is 20.3 Å². The van der Waals surface area contributed by atoms with E-state index in [2.05, 4.69) is 5.32 Å². The number of hydrogen-bond donors (Lipinski definition) is 2. The Kier molecular flexibility index (Phi) is 5.25. The number of benzene rings is 1. The first-order valence-corrected chi connectivity index (χ1v) is 6.22. The Hall–Kier alpha value is -0.770. The van der Waals surface area contributed by atoms with E-state index in [4.69, 9.17) is 28.9 Å². The Morgan fingerprint density at radius 1 is 1.35 bits per heavy atom. The lowest BCUT2D eigenvalue weighted by atomic mass is 9.99. The number of nitrogens with one attached hydrogen (secondary N) is 1. The van der Waals surface area contributed by atoms with Gasteiger partial charge in [0.05, 0.1) is 6.04 Å². The highest BCUT2D eigenvalue weighted by atomic mass is 35.5. The van der Waals surface area contributed by atoms with E-state index >= 15 is 0 Å². The van der Waals surface area contributed by atoms with Crippen molar-refractivity contribution in [1.29, 1.82) is 0 Å². The second-order valence-electron chi connectivity index (χ2n) is 4.06. The first kappa shape index (κ1) is 14.3. The summed E-state index contributed by atoms with van der Waals surface area (Å²) in [6.45, 7) is 3.93. The molecule has 0 saturated carbocycles. The maximum absolute atomic E-state index is 11.8. The fourth-order valence-corrected chi connectivity index (χ4v) is 1.89. The third kappa shape index (κ3) is 4.19. The SMILES string of the molecule is CCC(C)C(N)C(=O)Nc1cc(Cl)cc(Cl)c1. The Morgan fingerprint density at radius 3 is 2.35 bits per heavy atom. The fraction of sp³-hybridized carbons (Fsp3) is 0.417. The highest BCUT2D eigenvalue weighted by Gasteiger charge is 2.19. The van der Waals surface area contributed by atoms with E-state index in [1.807, 2.05) is 13.8 Å². The fourth-order valence-electron chi connectivity index (χ4n) is 1.36. The van der Waals surface area contributed by atoms with Crippen molar-refractivity contribution >= 4 is 34.8 Å². The predicted molar refractivity (Wildman–Crippen MR) is 72.5 cm³/mol. The highest BCUT2D eigenvalue weighted by molar-refractivity contribution is 6.35. The van der Waals surface area contributed by atoms with Gasteiger partial charge >= 0.3 is 0 Å². The van der Waals surface area contributed by atoms with Gasteiger partial charge in [-0.15, -0.1) is 0 Å². The molecule has 0 aliphatic carbocycles. The molecular weight excluding hydrogens is 259 g/mol. The van der Waals surface area contributed by atoms with E-state index in [9.17, 15) is 4.79 Å². The average molecular weight is 275 g/mol. The second kappa shape index (κ2) is 6.24. The zero-order valence-electron chi connectivity index (χ0n) is 9.84. The monoisotopic (exact) mass is 274 g/mol. The molecule has 0 spiro atoms. The van der Waals surface area contributed by atoms with Crippen LogP contribution < -0.4 is 11.1 Å². The number of amides is 1. The van der Waals surface area contributed by atoms with Gasteiger partial charge in [-0.1, -0.05) is 43.5 Å². The van der Waals surface area contributed by atoms with Gasteiger partial charge in [-0.3, -0.25) is 4.79 Å². The van der Waals surface area contributed by atoms with Crippen LogP contribution in [0.4, 0.5) is 5.69 Å². The first-order valence-electron chi connectivity index (χ1n) is 5.46. The van der Waals surface area contributed by atoms with Gasteiger partial charge in [0.2, 0.25) is 5.91 Å². The lowest BCUT2D eigenvalue weighted by Crippen LogP contribution is -2.40. The van der Waals surface area contributed by atoms with Crippen molar-refractivity contribution in [3.05, 3.63) is 28.2 Å². The van der Waals surface area contributed by atoms with Gasteiger partial charge < -0.3 is 11.1 Å². The summed E-state index contributed by atoms with van der Waals surface area (Å²) in [5.41, 5.74) is 6.38. The molecule has 1 amide bonds. The zero-order valence-corrected chi connectivity index (χ0v) is 11.3. The van der Waals surface area contributed by atoms with Gasteiger partial charge in [0.1, 0.15) is 0 Å². The molecule has 3 N–H and O–H groups in total. The third-order valence-corrected chi connectivity index (χ3v) is 3.13. The van der Waals surface area contributed by atoms with E-state index in [1.54, 1.807) is 18.2 Å². The smallest absolute Gasteiger partial charge is 0.241 e. The lowest BCUT2D eigenvalue weighted by Gasteiger charge is -2.17. The molecule has 0 radical (unpaired) electrons. The Morgan fingerprint density at radius 2 is 1.88 bits per heavy atom. The molecule has 94 valence electrons. The summed E-state index contributed by atoms with van der Waals surface area (Å²) in [5.74, 6) is -0.0951. The van der Waals surface area contributed by atoms with Gasteiger partial charge in [-0.05, 0) is 24.1 Å². The number of anilines is 1. The molecule has 0 aliphatic rings. The third-order valence-electron chi connectivity index (χ3n) is 2.69. The summed E-state index contributed by atoms with van der Waals surface area (Å²) in [4.78, 5) is 11.8. The molecule has 3 nitrogen and oxygen atoms in total. The summed E-state index contributed by atoms with van der Waals surface area (Å²) < 4.78 is 0. The summed E-state index contributed by atoms with van der Waals surface area (Å²) in [7, 11) is 0. The largest absolute Gasteiger partial charge is 0.325 e. The molecule has 2 unspecified atom stereocenters. The molecule has 0 heterocycles. The number of halogens is 2. The van der Waals surface area contributed by atoms with E-state index in [1.165, 1.54) is 0 Å². The van der Waals surface area contributed by atoms with Crippen LogP contribution >= 0.6 is 23.2 Å². The highest BCUT2D eigenvalue weighted by Crippen LogP contribution is 2.22. The van der Waals surface area contributed by atoms with Crippen LogP contribution in [0.5, 0.6) is 0 Å². The quantitative estimate of drug-likeness (QED) is 0.885. The zero-order chi connectivity index (χ0) is 13.0. The van der Waals surface area contributed by atoms with Crippen LogP contribution in [0.3, 0.4) is 0 Å². The van der Waals surface area contributed by atoms with E-state index in [0.717, 1.165) is 6.42 Å². The molecule has 0 bridgehead atoms. The van der Waals surface area contributed by atoms with Crippen molar-refractivity contribution in [1.82, 2.24) is 0 Å². The van der Waals surface area contributed by atoms with Crippen LogP contribution in [0.15, 0.2) is 18.2 Å². The molecule has 0 saturated heterocycles. The molecule has 17 heavy (non-hydrogen) atoms. The van der Waals surface area contributed by atoms with Crippen LogP contribution in [-0.2, 0) is 4.79 Å². The second-order valence-corrected chi connectivity index (χ2v) is 4.93. The van der Waals surface area contributed by atoms with E-state index < -0.39 is 6.04 Å². The number of rotatable bonds is 4. The molecule has 1 aromatic rings. The predicted octanol–water partition coefficient (Wildman–Crippen LogP) is 3.31. The first-order chi connectivity index (χ1) is 7.93. The minimum absolute atomic E-state index is 0.129. The van der Waals surface area contributed by atoms with Gasteiger partial charge in [0, 0.05) is 15.7 Å². The van der Waals surface area contributed by atoms with Crippen molar-refractivity contribution in [2.75, 3.05) is 5.32 Å². The van der Waals surface area contributed by atoms with Crippen molar-refractivity contribution in [2.24, 2.45) is 11.7 Å². The standard InChI is InChI=1S/C12H16Cl2N2O/c1-3-7(2)11(15)12(17)16-10-5-8(13)4-9(14)6-10/h4-7,11H,3,15H2,1-2H3,(H,16,17). The van der Waals surface area contributed by atoms with Crippen LogP contribution in [0, 0.1) is 5.92 Å². The van der Waals surface area contributed by atoms with Gasteiger partial charge in [0.15, 0.2) is 0 Å². The topological polar surface area (TPSA) is 55.1 Å². The summed E-state index contributed by atoms with van der Waals surface area (Å²) in [6.07, 6.45) is 0.852. The molecule has 2 atom stereocenters. The number of nitrogens with two attached hydrogens (primary N) is 1. The Bertz CT molecular complexity index is 389. The summed E-state index contributed by atoms with van der Waals surface area (Å²) in [6, 6.07) is 4.34. The number of carbonyl (C=O) groups is 1. The average Bonchev–Trinajstić information content (AvgIpc) is 2.25. The molecule has 0 aliphatic heterocycles. The normalized spacial score (nSPS) is 14.2. The van der Waals surface area contributed by atoms with Crippen molar-refractivity contribution < 1.29 is 4.79 Å². The van der Waals surface area contributed by atoms with Crippen LogP contribution in [-0.4, -0.2) is 11.9 Å². The van der Waals surface area contributed by atoms with Crippen molar-refractivity contribution in [2.45, 2.75) is 26.3 Å². The number of carbonyl (C=O) groups excluding carboxylic acids is 1. The molecular formula is C12H16Cl2N2O. The van der Waals surface area contributed by atoms with Gasteiger partial charge in [-0.2, -0.15) is 0 Å². The summed E-state index contributed by atoms with van der Waals surface area (Å²) in [5, 5.41) is 3.66. The molecule has 5 heteroatoms. The molecule has 0 fully saturated rings. The van der Waals surface area contributed by atoms with Crippen molar-refractivity contribution in [3.63, 3.8) is 0 Å². The van der Waals surface area contributed by atoms with Crippen molar-refractivity contribution in [3.8, 4) is 0 Å². The van der Waals surface area contributed by atoms with Crippen LogP contribution in [0.2, 0.25) is 10.0 Å². The minimum atomic E-state index is -0.530.